The molecular formula is C18H14N4OS2. The summed E-state index contributed by atoms with van der Waals surface area (Å²) in [5.41, 5.74) is 4.55. The molecule has 1 amide bonds. The van der Waals surface area contributed by atoms with Crippen molar-refractivity contribution in [3.05, 3.63) is 52.7 Å². The van der Waals surface area contributed by atoms with E-state index in [9.17, 15) is 4.79 Å². The van der Waals surface area contributed by atoms with Crippen LogP contribution in [0.2, 0.25) is 0 Å². The van der Waals surface area contributed by atoms with Crippen LogP contribution in [0.3, 0.4) is 0 Å². The van der Waals surface area contributed by atoms with Crippen molar-refractivity contribution in [2.45, 2.75) is 12.2 Å². The Morgan fingerprint density at radius 3 is 3.08 bits per heavy atom. The van der Waals surface area contributed by atoms with Gasteiger partial charge in [-0.05, 0) is 42.1 Å². The molecule has 1 aliphatic heterocycles. The van der Waals surface area contributed by atoms with Gasteiger partial charge >= 0.3 is 0 Å². The highest BCUT2D eigenvalue weighted by Gasteiger charge is 2.20. The van der Waals surface area contributed by atoms with Crippen LogP contribution in [0.15, 0.2) is 36.5 Å². The zero-order chi connectivity index (χ0) is 17.2. The number of nitrogens with one attached hydrogen (secondary N) is 2. The van der Waals surface area contributed by atoms with Crippen LogP contribution < -0.4 is 5.32 Å². The minimum Gasteiger partial charge on any atom is -0.358 e. The fourth-order valence-electron chi connectivity index (χ4n) is 2.88. The molecule has 0 aliphatic carbocycles. The Bertz CT molecular complexity index is 983. The Balaban J connectivity index is 1.65. The molecule has 7 heteroatoms. The Kier molecular flexibility index (Phi) is 4.30. The van der Waals surface area contributed by atoms with Crippen LogP contribution in [0.4, 0.5) is 0 Å². The number of rotatable bonds is 4. The maximum atomic E-state index is 11.9. The molecule has 0 fully saturated rings. The molecule has 3 aromatic heterocycles. The number of thiocyanates is 1. The molecule has 1 aliphatic rings. The standard InChI is InChI=1S/C18H14N4OS2/c19-10-24-9-12-1-2-17(25-12)16-7-11(3-5-20-16)15-8-13-14(22-15)4-6-21-18(13)23/h1-3,5,7-8,22H,4,6,9H2,(H,21,23). The topological polar surface area (TPSA) is 81.6 Å². The molecule has 0 saturated carbocycles. The second kappa shape index (κ2) is 6.75. The van der Waals surface area contributed by atoms with Gasteiger partial charge in [-0.25, -0.2) is 0 Å². The minimum atomic E-state index is -0.0177. The van der Waals surface area contributed by atoms with Gasteiger partial charge in [-0.15, -0.1) is 11.3 Å². The maximum absolute atomic E-state index is 11.9. The Hall–Kier alpha value is -2.56. The molecule has 4 rings (SSSR count). The van der Waals surface area contributed by atoms with Crippen molar-refractivity contribution >= 4 is 29.0 Å². The van der Waals surface area contributed by atoms with E-state index >= 15 is 0 Å². The van der Waals surface area contributed by atoms with Crippen molar-refractivity contribution < 1.29 is 4.79 Å². The lowest BCUT2D eigenvalue weighted by Gasteiger charge is -2.10. The number of fused-ring (bicyclic) bond motifs is 1. The fourth-order valence-corrected chi connectivity index (χ4v) is 4.36. The van der Waals surface area contributed by atoms with Crippen LogP contribution in [0.5, 0.6) is 0 Å². The molecule has 124 valence electrons. The van der Waals surface area contributed by atoms with Crippen molar-refractivity contribution in [3.8, 4) is 27.2 Å². The smallest absolute Gasteiger partial charge is 0.253 e. The van der Waals surface area contributed by atoms with Gasteiger partial charge in [0.2, 0.25) is 0 Å². The number of thiophene rings is 1. The van der Waals surface area contributed by atoms with E-state index < -0.39 is 0 Å². The molecule has 0 bridgehead atoms. The summed E-state index contributed by atoms with van der Waals surface area (Å²) < 4.78 is 0. The van der Waals surface area contributed by atoms with Crippen LogP contribution >= 0.6 is 23.1 Å². The molecule has 4 heterocycles. The van der Waals surface area contributed by atoms with Gasteiger partial charge in [-0.2, -0.15) is 5.26 Å². The minimum absolute atomic E-state index is 0.0177. The molecule has 0 radical (unpaired) electrons. The Labute approximate surface area is 153 Å². The van der Waals surface area contributed by atoms with Crippen molar-refractivity contribution in [3.63, 3.8) is 0 Å². The lowest BCUT2D eigenvalue weighted by atomic mass is 10.1. The summed E-state index contributed by atoms with van der Waals surface area (Å²) in [6.45, 7) is 0.673. The van der Waals surface area contributed by atoms with E-state index in [1.54, 1.807) is 17.5 Å². The van der Waals surface area contributed by atoms with Gasteiger partial charge in [-0.1, -0.05) is 0 Å². The highest BCUT2D eigenvalue weighted by molar-refractivity contribution is 8.03. The summed E-state index contributed by atoms with van der Waals surface area (Å²) >= 11 is 2.89. The van der Waals surface area contributed by atoms with Crippen molar-refractivity contribution in [2.24, 2.45) is 0 Å². The van der Waals surface area contributed by atoms with Crippen molar-refractivity contribution in [1.29, 1.82) is 5.26 Å². The summed E-state index contributed by atoms with van der Waals surface area (Å²) in [6, 6.07) is 9.96. The number of pyridine rings is 1. The number of hydrogen-bond donors (Lipinski definition) is 2. The summed E-state index contributed by atoms with van der Waals surface area (Å²) in [6.07, 6.45) is 2.61. The summed E-state index contributed by atoms with van der Waals surface area (Å²) in [4.78, 5) is 22.0. The fraction of sp³-hybridized carbons (Fsp3) is 0.167. The highest BCUT2D eigenvalue weighted by Crippen LogP contribution is 2.31. The zero-order valence-corrected chi connectivity index (χ0v) is 14.8. The van der Waals surface area contributed by atoms with E-state index in [0.717, 1.165) is 44.4 Å². The number of hydrogen-bond acceptors (Lipinski definition) is 5. The van der Waals surface area contributed by atoms with Gasteiger partial charge in [0.05, 0.1) is 16.1 Å². The third-order valence-electron chi connectivity index (χ3n) is 4.07. The van der Waals surface area contributed by atoms with Crippen LogP contribution in [-0.4, -0.2) is 22.4 Å². The van der Waals surface area contributed by atoms with Crippen LogP contribution in [-0.2, 0) is 12.2 Å². The van der Waals surface area contributed by atoms with Gasteiger partial charge in [0.25, 0.3) is 5.91 Å². The van der Waals surface area contributed by atoms with Gasteiger partial charge in [0.15, 0.2) is 0 Å². The molecule has 0 aromatic carbocycles. The molecule has 0 spiro atoms. The van der Waals surface area contributed by atoms with E-state index in [2.05, 4.69) is 20.7 Å². The number of aromatic amines is 1. The number of carbonyl (C=O) groups is 1. The first-order chi connectivity index (χ1) is 12.2. The molecule has 5 nitrogen and oxygen atoms in total. The number of nitrogens with zero attached hydrogens (tertiary/aromatic N) is 2. The first kappa shape index (κ1) is 15.9. The van der Waals surface area contributed by atoms with Gasteiger partial charge < -0.3 is 10.3 Å². The second-order valence-electron chi connectivity index (χ2n) is 5.66. The van der Waals surface area contributed by atoms with Gasteiger partial charge in [0.1, 0.15) is 5.40 Å². The molecule has 3 aromatic rings. The largest absolute Gasteiger partial charge is 0.358 e. The van der Waals surface area contributed by atoms with E-state index in [1.807, 2.05) is 30.3 Å². The van der Waals surface area contributed by atoms with E-state index in [0.29, 0.717) is 12.3 Å². The number of aromatic nitrogens is 2. The van der Waals surface area contributed by atoms with Crippen molar-refractivity contribution in [1.82, 2.24) is 15.3 Å². The second-order valence-corrected chi connectivity index (χ2v) is 7.59. The summed E-state index contributed by atoms with van der Waals surface area (Å²) in [5.74, 6) is 0.676. The average Bonchev–Trinajstić information content (AvgIpc) is 3.28. The first-order valence-corrected chi connectivity index (χ1v) is 9.61. The monoisotopic (exact) mass is 366 g/mol. The number of nitriles is 1. The predicted molar refractivity (Wildman–Crippen MR) is 100 cm³/mol. The Morgan fingerprint density at radius 2 is 2.24 bits per heavy atom. The third kappa shape index (κ3) is 3.18. The molecule has 0 unspecified atom stereocenters. The molecule has 25 heavy (non-hydrogen) atoms. The maximum Gasteiger partial charge on any atom is 0.253 e. The third-order valence-corrected chi connectivity index (χ3v) is 5.94. The quantitative estimate of drug-likeness (QED) is 0.688. The van der Waals surface area contributed by atoms with E-state index in [1.165, 1.54) is 11.8 Å². The lowest BCUT2D eigenvalue weighted by Crippen LogP contribution is -2.31. The summed E-state index contributed by atoms with van der Waals surface area (Å²) in [7, 11) is 0. The van der Waals surface area contributed by atoms with Crippen molar-refractivity contribution in [2.75, 3.05) is 6.54 Å². The van der Waals surface area contributed by atoms with Gasteiger partial charge in [0, 0.05) is 46.7 Å². The summed E-state index contributed by atoms with van der Waals surface area (Å²) in [5, 5.41) is 13.6. The number of thioether (sulfide) groups is 1. The normalized spacial score (nSPS) is 13.2. The van der Waals surface area contributed by atoms with Gasteiger partial charge in [-0.3, -0.25) is 9.78 Å². The first-order valence-electron chi connectivity index (χ1n) is 7.81. The molecule has 0 saturated heterocycles. The number of amides is 1. The Morgan fingerprint density at radius 1 is 1.32 bits per heavy atom. The SMILES string of the molecule is N#CSCc1ccc(-c2cc(-c3cc4c([nH]3)CCNC4=O)ccn2)s1. The number of carbonyl (C=O) groups excluding carboxylic acids is 1. The predicted octanol–water partition coefficient (Wildman–Crippen LogP) is 3.81. The molecular weight excluding hydrogens is 352 g/mol. The average molecular weight is 366 g/mol. The van der Waals surface area contributed by atoms with Crippen LogP contribution in [0, 0.1) is 10.7 Å². The van der Waals surface area contributed by atoms with Crippen LogP contribution in [0.25, 0.3) is 21.8 Å². The van der Waals surface area contributed by atoms with E-state index in [4.69, 9.17) is 5.26 Å². The zero-order valence-electron chi connectivity index (χ0n) is 13.2. The lowest BCUT2D eigenvalue weighted by molar-refractivity contribution is 0.0946. The van der Waals surface area contributed by atoms with E-state index in [-0.39, 0.29) is 5.91 Å². The highest BCUT2D eigenvalue weighted by atomic mass is 32.2. The number of H-pyrrole nitrogens is 1. The van der Waals surface area contributed by atoms with Crippen LogP contribution in [0.1, 0.15) is 20.9 Å². The molecule has 2 N–H and O–H groups in total. The molecule has 0 atom stereocenters.